The zero-order valence-corrected chi connectivity index (χ0v) is 16.5. The second-order valence-electron chi connectivity index (χ2n) is 8.51. The SMILES string of the molecule is N#CCOc1ccc(C2=NOC3C4CC(C23)C2C(=O)N(c3ccccc3)C(=O)C42)cc1. The largest absolute Gasteiger partial charge is 0.479 e. The van der Waals surface area contributed by atoms with Gasteiger partial charge in [0.15, 0.2) is 6.61 Å². The third-order valence-corrected chi connectivity index (χ3v) is 7.16. The quantitative estimate of drug-likeness (QED) is 0.719. The Kier molecular flexibility index (Phi) is 3.90. The van der Waals surface area contributed by atoms with Gasteiger partial charge in [-0.3, -0.25) is 14.5 Å². The highest BCUT2D eigenvalue weighted by molar-refractivity contribution is 6.23. The number of hydrogen-bond donors (Lipinski definition) is 0. The van der Waals surface area contributed by atoms with Crippen molar-refractivity contribution in [3.8, 4) is 11.8 Å². The van der Waals surface area contributed by atoms with Crippen LogP contribution in [0.3, 0.4) is 0 Å². The number of anilines is 1. The van der Waals surface area contributed by atoms with E-state index in [0.717, 1.165) is 17.7 Å². The number of imide groups is 1. The summed E-state index contributed by atoms with van der Waals surface area (Å²) in [6, 6.07) is 18.5. The van der Waals surface area contributed by atoms with Crippen LogP contribution in [-0.2, 0) is 14.4 Å². The van der Waals surface area contributed by atoms with E-state index in [2.05, 4.69) is 5.16 Å². The summed E-state index contributed by atoms with van der Waals surface area (Å²) in [6.45, 7) is -0.00498. The molecule has 6 rings (SSSR count). The van der Waals surface area contributed by atoms with Gasteiger partial charge in [-0.05, 0) is 48.7 Å². The minimum absolute atomic E-state index is 0.00426. The topological polar surface area (TPSA) is 92.0 Å². The number of rotatable bonds is 4. The summed E-state index contributed by atoms with van der Waals surface area (Å²) < 4.78 is 5.33. The van der Waals surface area contributed by atoms with Gasteiger partial charge in [0.05, 0.1) is 23.2 Å². The lowest BCUT2D eigenvalue weighted by atomic mass is 9.71. The van der Waals surface area contributed by atoms with Crippen LogP contribution in [-0.4, -0.2) is 30.2 Å². The molecule has 2 saturated carbocycles. The van der Waals surface area contributed by atoms with E-state index in [0.29, 0.717) is 11.4 Å². The maximum Gasteiger partial charge on any atom is 0.238 e. The Labute approximate surface area is 178 Å². The number of carbonyl (C=O) groups is 2. The number of ether oxygens (including phenoxy) is 1. The van der Waals surface area contributed by atoms with E-state index in [4.69, 9.17) is 14.8 Å². The first-order valence-corrected chi connectivity index (χ1v) is 10.5. The predicted octanol–water partition coefficient (Wildman–Crippen LogP) is 2.76. The zero-order chi connectivity index (χ0) is 21.1. The van der Waals surface area contributed by atoms with Gasteiger partial charge < -0.3 is 9.57 Å². The molecule has 2 heterocycles. The van der Waals surface area contributed by atoms with Crippen molar-refractivity contribution in [3.05, 3.63) is 60.2 Å². The molecule has 4 aliphatic rings. The minimum Gasteiger partial charge on any atom is -0.479 e. The molecule has 2 aliphatic heterocycles. The highest BCUT2D eigenvalue weighted by Crippen LogP contribution is 2.62. The van der Waals surface area contributed by atoms with Gasteiger partial charge >= 0.3 is 0 Å². The minimum atomic E-state index is -0.324. The molecule has 0 aromatic heterocycles. The van der Waals surface area contributed by atoms with Crippen molar-refractivity contribution in [1.29, 1.82) is 5.26 Å². The van der Waals surface area contributed by atoms with Crippen molar-refractivity contribution in [1.82, 2.24) is 0 Å². The first-order valence-electron chi connectivity index (χ1n) is 10.5. The monoisotopic (exact) mass is 413 g/mol. The van der Waals surface area contributed by atoms with Crippen molar-refractivity contribution in [3.63, 3.8) is 0 Å². The van der Waals surface area contributed by atoms with E-state index in [1.165, 1.54) is 4.90 Å². The summed E-state index contributed by atoms with van der Waals surface area (Å²) in [4.78, 5) is 33.8. The van der Waals surface area contributed by atoms with Crippen LogP contribution in [0.1, 0.15) is 12.0 Å². The predicted molar refractivity (Wildman–Crippen MR) is 110 cm³/mol. The second-order valence-corrected chi connectivity index (χ2v) is 8.51. The summed E-state index contributed by atoms with van der Waals surface area (Å²) >= 11 is 0. The Morgan fingerprint density at radius 2 is 1.71 bits per heavy atom. The average Bonchev–Trinajstić information content (AvgIpc) is 3.53. The third-order valence-electron chi connectivity index (χ3n) is 7.16. The third kappa shape index (κ3) is 2.48. The molecular formula is C24H19N3O4. The van der Waals surface area contributed by atoms with E-state index in [1.807, 2.05) is 36.4 Å². The van der Waals surface area contributed by atoms with Crippen LogP contribution in [0.15, 0.2) is 59.8 Å². The molecule has 31 heavy (non-hydrogen) atoms. The van der Waals surface area contributed by atoms with Crippen LogP contribution in [0.4, 0.5) is 5.69 Å². The summed E-state index contributed by atoms with van der Waals surface area (Å²) in [5.41, 5.74) is 2.39. The molecule has 3 fully saturated rings. The maximum absolute atomic E-state index is 13.3. The molecule has 2 aromatic carbocycles. The highest BCUT2D eigenvalue weighted by Gasteiger charge is 2.70. The van der Waals surface area contributed by atoms with Crippen molar-refractivity contribution >= 4 is 23.2 Å². The highest BCUT2D eigenvalue weighted by atomic mass is 16.6. The van der Waals surface area contributed by atoms with Gasteiger partial charge in [-0.2, -0.15) is 5.26 Å². The Morgan fingerprint density at radius 1 is 1.00 bits per heavy atom. The van der Waals surface area contributed by atoms with Crippen molar-refractivity contribution in [2.75, 3.05) is 11.5 Å². The van der Waals surface area contributed by atoms with Gasteiger partial charge in [0, 0.05) is 17.4 Å². The summed E-state index contributed by atoms with van der Waals surface area (Å²) in [5, 5.41) is 13.0. The lowest BCUT2D eigenvalue weighted by molar-refractivity contribution is -0.125. The molecule has 0 spiro atoms. The fraction of sp³-hybridized carbons (Fsp3) is 0.333. The van der Waals surface area contributed by atoms with Gasteiger partial charge in [0.25, 0.3) is 0 Å². The molecule has 154 valence electrons. The van der Waals surface area contributed by atoms with Gasteiger partial charge in [-0.15, -0.1) is 0 Å². The van der Waals surface area contributed by atoms with Crippen molar-refractivity contribution in [2.24, 2.45) is 34.7 Å². The summed E-state index contributed by atoms with van der Waals surface area (Å²) in [6.07, 6.45) is 0.649. The maximum atomic E-state index is 13.3. The Morgan fingerprint density at radius 3 is 2.42 bits per heavy atom. The molecule has 2 aliphatic carbocycles. The second kappa shape index (κ2) is 6.67. The van der Waals surface area contributed by atoms with Crippen LogP contribution >= 0.6 is 0 Å². The van der Waals surface area contributed by atoms with Crippen molar-refractivity contribution < 1.29 is 19.2 Å². The van der Waals surface area contributed by atoms with Crippen LogP contribution in [0, 0.1) is 40.9 Å². The van der Waals surface area contributed by atoms with E-state index < -0.39 is 0 Å². The molecular weight excluding hydrogens is 394 g/mol. The normalized spacial score (nSPS) is 32.4. The smallest absolute Gasteiger partial charge is 0.238 e. The Balaban J connectivity index is 1.29. The van der Waals surface area contributed by atoms with E-state index >= 15 is 0 Å². The van der Waals surface area contributed by atoms with Crippen LogP contribution < -0.4 is 9.64 Å². The Hall–Kier alpha value is -3.66. The molecule has 6 unspecified atom stereocenters. The number of nitriles is 1. The number of nitrogens with zero attached hydrogens (tertiary/aromatic N) is 3. The summed E-state index contributed by atoms with van der Waals surface area (Å²) in [7, 11) is 0. The number of carbonyl (C=O) groups excluding carboxylic acids is 2. The first kappa shape index (κ1) is 18.1. The molecule has 2 bridgehead atoms. The van der Waals surface area contributed by atoms with Crippen LogP contribution in [0.25, 0.3) is 0 Å². The van der Waals surface area contributed by atoms with Gasteiger partial charge in [0.2, 0.25) is 11.8 Å². The first-order chi connectivity index (χ1) is 15.2. The molecule has 2 aromatic rings. The van der Waals surface area contributed by atoms with E-state index in [-0.39, 0.29) is 54.1 Å². The number of para-hydroxylation sites is 1. The number of oxime groups is 1. The number of amides is 2. The van der Waals surface area contributed by atoms with Gasteiger partial charge in [-0.25, -0.2) is 0 Å². The van der Waals surface area contributed by atoms with Crippen LogP contribution in [0.5, 0.6) is 5.75 Å². The zero-order valence-electron chi connectivity index (χ0n) is 16.5. The summed E-state index contributed by atoms with van der Waals surface area (Å²) in [5.74, 6) is -0.180. The molecule has 1 saturated heterocycles. The molecule has 7 nitrogen and oxygen atoms in total. The molecule has 0 N–H and O–H groups in total. The van der Waals surface area contributed by atoms with E-state index in [9.17, 15) is 9.59 Å². The molecule has 7 heteroatoms. The lowest BCUT2D eigenvalue weighted by Gasteiger charge is -2.29. The van der Waals surface area contributed by atoms with Gasteiger partial charge in [0.1, 0.15) is 17.9 Å². The number of fused-ring (bicyclic) bond motifs is 8. The van der Waals surface area contributed by atoms with Crippen LogP contribution in [0.2, 0.25) is 0 Å². The van der Waals surface area contributed by atoms with E-state index in [1.54, 1.807) is 24.3 Å². The molecule has 6 atom stereocenters. The average molecular weight is 413 g/mol. The van der Waals surface area contributed by atoms with Crippen molar-refractivity contribution in [2.45, 2.75) is 12.5 Å². The lowest BCUT2D eigenvalue weighted by Crippen LogP contribution is -2.41. The molecule has 0 radical (unpaired) electrons. The fourth-order valence-corrected chi connectivity index (χ4v) is 6.03. The number of hydrogen-bond acceptors (Lipinski definition) is 6. The number of benzene rings is 2. The molecule has 2 amide bonds. The Bertz CT molecular complexity index is 1140. The fourth-order valence-electron chi connectivity index (χ4n) is 6.03. The standard InChI is InChI=1S/C24H19N3O4/c25-10-11-30-15-8-6-13(7-9-15)21-20-16-12-17(22(20)31-26-21)19-18(16)23(28)27(24(19)29)14-4-2-1-3-5-14/h1-9,16-20,22H,11-12H2. The van der Waals surface area contributed by atoms with Gasteiger partial charge in [-0.1, -0.05) is 23.4 Å².